The minimum atomic E-state index is -3.47. The van der Waals surface area contributed by atoms with Gasteiger partial charge in [0.1, 0.15) is 0 Å². The van der Waals surface area contributed by atoms with Crippen LogP contribution in [0.1, 0.15) is 25.3 Å². The fraction of sp³-hybridized carbons (Fsp3) is 0.471. The molecule has 0 aromatic heterocycles. The van der Waals surface area contributed by atoms with Gasteiger partial charge < -0.3 is 0 Å². The molecule has 0 N–H and O–H groups in total. The number of rotatable bonds is 3. The number of nitrogens with zero attached hydrogens (tertiary/aromatic N) is 1. The molecule has 22 heavy (non-hydrogen) atoms. The number of ketones is 1. The van der Waals surface area contributed by atoms with Gasteiger partial charge in [-0.25, -0.2) is 8.42 Å². The molecule has 0 saturated carbocycles. The van der Waals surface area contributed by atoms with Gasteiger partial charge in [0, 0.05) is 19.5 Å². The van der Waals surface area contributed by atoms with Crippen LogP contribution in [0.25, 0.3) is 0 Å². The van der Waals surface area contributed by atoms with Crippen LogP contribution in [0.5, 0.6) is 0 Å². The van der Waals surface area contributed by atoms with Crippen molar-refractivity contribution < 1.29 is 13.2 Å². The Hall–Kier alpha value is -1.46. The van der Waals surface area contributed by atoms with Crippen molar-refractivity contribution in [3.63, 3.8) is 0 Å². The highest BCUT2D eigenvalue weighted by atomic mass is 32.2. The quantitative estimate of drug-likeness (QED) is 0.860. The van der Waals surface area contributed by atoms with Gasteiger partial charge in [-0.05, 0) is 43.4 Å². The normalized spacial score (nSPS) is 25.9. The lowest BCUT2D eigenvalue weighted by atomic mass is 9.79. The van der Waals surface area contributed by atoms with Gasteiger partial charge in [0.15, 0.2) is 5.78 Å². The third kappa shape index (κ3) is 2.63. The van der Waals surface area contributed by atoms with Crippen LogP contribution in [0.2, 0.25) is 0 Å². The van der Waals surface area contributed by atoms with Crippen LogP contribution in [0.15, 0.2) is 40.8 Å². The number of hydrogen-bond acceptors (Lipinski definition) is 3. The molecule has 4 nitrogen and oxygen atoms in total. The van der Waals surface area contributed by atoms with Gasteiger partial charge in [0.05, 0.1) is 4.90 Å². The molecule has 5 heteroatoms. The minimum absolute atomic E-state index is 0.132. The smallest absolute Gasteiger partial charge is 0.243 e. The van der Waals surface area contributed by atoms with E-state index in [2.05, 4.69) is 0 Å². The van der Waals surface area contributed by atoms with Crippen molar-refractivity contribution in [2.24, 2.45) is 11.8 Å². The van der Waals surface area contributed by atoms with Gasteiger partial charge in [0.2, 0.25) is 10.0 Å². The molecule has 2 aliphatic rings. The van der Waals surface area contributed by atoms with E-state index < -0.39 is 10.0 Å². The number of carbonyl (C=O) groups excluding carboxylic acids is 1. The lowest BCUT2D eigenvalue weighted by Gasteiger charge is -2.24. The molecule has 1 aliphatic carbocycles. The summed E-state index contributed by atoms with van der Waals surface area (Å²) in [5.41, 5.74) is 2.14. The summed E-state index contributed by atoms with van der Waals surface area (Å²) in [5, 5.41) is 0. The number of fused-ring (bicyclic) bond motifs is 1. The van der Waals surface area contributed by atoms with Crippen molar-refractivity contribution in [2.45, 2.75) is 31.6 Å². The summed E-state index contributed by atoms with van der Waals surface area (Å²) in [7, 11) is -3.47. The van der Waals surface area contributed by atoms with E-state index in [4.69, 9.17) is 0 Å². The predicted octanol–water partition coefficient (Wildman–Crippen LogP) is 2.54. The maximum atomic E-state index is 12.8. The highest BCUT2D eigenvalue weighted by Gasteiger charge is 2.42. The molecule has 1 aromatic rings. The van der Waals surface area contributed by atoms with Crippen molar-refractivity contribution in [1.82, 2.24) is 4.31 Å². The Morgan fingerprint density at radius 3 is 2.50 bits per heavy atom. The first-order chi connectivity index (χ1) is 10.4. The van der Waals surface area contributed by atoms with Crippen molar-refractivity contribution in [3.05, 3.63) is 41.5 Å². The molecule has 0 unspecified atom stereocenters. The maximum Gasteiger partial charge on any atom is 0.243 e. The second kappa shape index (κ2) is 5.63. The van der Waals surface area contributed by atoms with Crippen LogP contribution < -0.4 is 0 Å². The molecule has 1 aromatic carbocycles. The third-order valence-electron chi connectivity index (χ3n) is 4.76. The molecule has 0 bridgehead atoms. The Morgan fingerprint density at radius 1 is 1.18 bits per heavy atom. The summed E-state index contributed by atoms with van der Waals surface area (Å²) >= 11 is 0. The van der Waals surface area contributed by atoms with Gasteiger partial charge in [0.25, 0.3) is 0 Å². The number of benzene rings is 1. The van der Waals surface area contributed by atoms with E-state index in [0.29, 0.717) is 24.4 Å². The van der Waals surface area contributed by atoms with E-state index in [1.807, 2.05) is 26.0 Å². The molecule has 0 spiro atoms. The first-order valence-electron chi connectivity index (χ1n) is 7.72. The molecular formula is C17H21NO3S. The van der Waals surface area contributed by atoms with Crippen LogP contribution in [0.4, 0.5) is 0 Å². The van der Waals surface area contributed by atoms with Gasteiger partial charge in [-0.1, -0.05) is 30.2 Å². The van der Waals surface area contributed by atoms with E-state index in [0.717, 1.165) is 17.6 Å². The second-order valence-corrected chi connectivity index (χ2v) is 8.18. The Morgan fingerprint density at radius 2 is 1.86 bits per heavy atom. The summed E-state index contributed by atoms with van der Waals surface area (Å²) in [4.78, 5) is 12.1. The van der Waals surface area contributed by atoms with Crippen LogP contribution in [0, 0.1) is 18.8 Å². The molecule has 2 atom stereocenters. The lowest BCUT2D eigenvalue weighted by Crippen LogP contribution is -2.29. The minimum Gasteiger partial charge on any atom is -0.295 e. The molecule has 0 amide bonds. The van der Waals surface area contributed by atoms with E-state index in [1.54, 1.807) is 22.5 Å². The summed E-state index contributed by atoms with van der Waals surface area (Å²) in [6.45, 7) is 4.90. The van der Waals surface area contributed by atoms with Gasteiger partial charge in [-0.2, -0.15) is 4.31 Å². The molecule has 1 aliphatic heterocycles. The molecule has 1 heterocycles. The Bertz CT molecular complexity index is 719. The van der Waals surface area contributed by atoms with Gasteiger partial charge >= 0.3 is 0 Å². The van der Waals surface area contributed by atoms with Gasteiger partial charge in [-0.15, -0.1) is 0 Å². The average Bonchev–Trinajstić information content (AvgIpc) is 2.91. The zero-order valence-electron chi connectivity index (χ0n) is 13.0. The van der Waals surface area contributed by atoms with Crippen molar-refractivity contribution in [3.8, 4) is 0 Å². The fourth-order valence-corrected chi connectivity index (χ4v) is 5.03. The zero-order chi connectivity index (χ0) is 15.9. The Balaban J connectivity index is 1.87. The zero-order valence-corrected chi connectivity index (χ0v) is 13.8. The van der Waals surface area contributed by atoms with Crippen molar-refractivity contribution in [2.75, 3.05) is 13.1 Å². The number of carbonyl (C=O) groups is 1. The number of allylic oxidation sites excluding steroid dienone is 1. The van der Waals surface area contributed by atoms with Crippen LogP contribution in [-0.4, -0.2) is 31.6 Å². The summed E-state index contributed by atoms with van der Waals surface area (Å²) in [6.07, 6.45) is 3.00. The van der Waals surface area contributed by atoms with E-state index in [-0.39, 0.29) is 17.6 Å². The fourth-order valence-electron chi connectivity index (χ4n) is 3.51. The first kappa shape index (κ1) is 15.4. The number of aryl methyl sites for hydroxylation is 1. The average molecular weight is 319 g/mol. The highest BCUT2D eigenvalue weighted by molar-refractivity contribution is 7.89. The Labute approximate surface area is 131 Å². The molecule has 3 rings (SSSR count). The first-order valence-corrected chi connectivity index (χ1v) is 9.16. The summed E-state index contributed by atoms with van der Waals surface area (Å²) < 4.78 is 27.1. The summed E-state index contributed by atoms with van der Waals surface area (Å²) in [6, 6.07) is 6.95. The number of hydrogen-bond donors (Lipinski definition) is 0. The monoisotopic (exact) mass is 319 g/mol. The van der Waals surface area contributed by atoms with Crippen molar-refractivity contribution >= 4 is 15.8 Å². The van der Waals surface area contributed by atoms with Crippen LogP contribution in [0.3, 0.4) is 0 Å². The Kier molecular flexibility index (Phi) is 3.95. The topological polar surface area (TPSA) is 54.5 Å². The largest absolute Gasteiger partial charge is 0.295 e. The van der Waals surface area contributed by atoms with Crippen LogP contribution >= 0.6 is 0 Å². The predicted molar refractivity (Wildman–Crippen MR) is 84.9 cm³/mol. The molecule has 1 saturated heterocycles. The highest BCUT2D eigenvalue weighted by Crippen LogP contribution is 2.39. The van der Waals surface area contributed by atoms with E-state index in [9.17, 15) is 13.2 Å². The third-order valence-corrected chi connectivity index (χ3v) is 6.61. The van der Waals surface area contributed by atoms with Crippen molar-refractivity contribution in [1.29, 1.82) is 0 Å². The SMILES string of the molecule is CCC1=CC(=O)C[C@@H]2CN(S(=O)(=O)c3ccc(C)cc3)C[C@H]12. The molecule has 0 radical (unpaired) electrons. The second-order valence-electron chi connectivity index (χ2n) is 6.24. The molecule has 1 fully saturated rings. The maximum absolute atomic E-state index is 12.8. The van der Waals surface area contributed by atoms with Crippen LogP contribution in [-0.2, 0) is 14.8 Å². The standard InChI is InChI=1S/C17H21NO3S/c1-3-13-8-15(19)9-14-10-18(11-17(13)14)22(20,21)16-6-4-12(2)5-7-16/h4-8,14,17H,3,9-11H2,1-2H3/t14-,17-/m1/s1. The van der Waals surface area contributed by atoms with Gasteiger partial charge in [-0.3, -0.25) is 4.79 Å². The lowest BCUT2D eigenvalue weighted by molar-refractivity contribution is -0.116. The molecular weight excluding hydrogens is 298 g/mol. The summed E-state index contributed by atoms with van der Waals surface area (Å²) in [5.74, 6) is 0.461. The van der Waals surface area contributed by atoms with E-state index in [1.165, 1.54) is 0 Å². The number of sulfonamides is 1. The molecule has 118 valence electrons. The van der Waals surface area contributed by atoms with E-state index >= 15 is 0 Å².